The zero-order chi connectivity index (χ0) is 22.9. The van der Waals surface area contributed by atoms with Gasteiger partial charge in [0.2, 0.25) is 17.7 Å². The van der Waals surface area contributed by atoms with Crippen molar-refractivity contribution in [2.45, 2.75) is 101 Å². The lowest BCUT2D eigenvalue weighted by Gasteiger charge is -2.35. The molecule has 3 heterocycles. The van der Waals surface area contributed by atoms with Crippen LogP contribution in [0.5, 0.6) is 0 Å². The minimum absolute atomic E-state index is 0.0478. The van der Waals surface area contributed by atoms with E-state index in [4.69, 9.17) is 4.74 Å². The standard InChI is InChI=1S/C24H39N3O5/c1-3-13-25-20(29)17-18-22(31)27(14-7-8-15-28)19(24(18)12-11-23(17,2)32-24)21(30)26-16-9-5-4-6-10-16/h16-19,28H,3-15H2,1-2H3,(H,25,29)(H,26,30)/t17-,18-,19?,23+,24?/m0/s1. The Labute approximate surface area is 190 Å². The van der Waals surface area contributed by atoms with Gasteiger partial charge >= 0.3 is 0 Å². The van der Waals surface area contributed by atoms with Gasteiger partial charge in [0.15, 0.2) is 0 Å². The Bertz CT molecular complexity index is 739. The molecular weight excluding hydrogens is 410 g/mol. The second kappa shape index (κ2) is 9.29. The molecular formula is C24H39N3O5. The summed E-state index contributed by atoms with van der Waals surface area (Å²) in [5.74, 6) is -1.64. The maximum absolute atomic E-state index is 13.7. The minimum atomic E-state index is -0.946. The monoisotopic (exact) mass is 449 g/mol. The molecule has 3 saturated heterocycles. The molecule has 2 unspecified atom stereocenters. The van der Waals surface area contributed by atoms with E-state index in [1.807, 2.05) is 13.8 Å². The summed E-state index contributed by atoms with van der Waals surface area (Å²) in [5.41, 5.74) is -1.67. The van der Waals surface area contributed by atoms with Crippen LogP contribution in [0.3, 0.4) is 0 Å². The van der Waals surface area contributed by atoms with Gasteiger partial charge in [-0.25, -0.2) is 0 Å². The smallest absolute Gasteiger partial charge is 0.246 e. The molecule has 8 heteroatoms. The highest BCUT2D eigenvalue weighted by atomic mass is 16.5. The average Bonchev–Trinajstić information content (AvgIpc) is 3.34. The summed E-state index contributed by atoms with van der Waals surface area (Å²) in [7, 11) is 0. The quantitative estimate of drug-likeness (QED) is 0.463. The predicted octanol–water partition coefficient (Wildman–Crippen LogP) is 1.50. The van der Waals surface area contributed by atoms with Crippen LogP contribution in [0.1, 0.15) is 78.1 Å². The average molecular weight is 450 g/mol. The second-order valence-electron chi connectivity index (χ2n) is 10.3. The normalized spacial score (nSPS) is 36.4. The number of ether oxygens (including phenoxy) is 1. The fourth-order valence-electron chi connectivity index (χ4n) is 6.65. The second-order valence-corrected chi connectivity index (χ2v) is 10.3. The van der Waals surface area contributed by atoms with Gasteiger partial charge in [0.05, 0.1) is 17.4 Å². The molecule has 3 amide bonds. The highest BCUT2D eigenvalue weighted by molar-refractivity contribution is 5.99. The van der Waals surface area contributed by atoms with Crippen molar-refractivity contribution in [3.05, 3.63) is 0 Å². The lowest BCUT2D eigenvalue weighted by molar-refractivity contribution is -0.146. The lowest BCUT2D eigenvalue weighted by Crippen LogP contribution is -2.57. The van der Waals surface area contributed by atoms with Crippen molar-refractivity contribution in [1.82, 2.24) is 15.5 Å². The van der Waals surface area contributed by atoms with Crippen LogP contribution in [-0.4, -0.2) is 70.7 Å². The first-order chi connectivity index (χ1) is 15.4. The van der Waals surface area contributed by atoms with Gasteiger partial charge in [0.1, 0.15) is 11.6 Å². The van der Waals surface area contributed by atoms with Crippen LogP contribution < -0.4 is 10.6 Å². The summed E-state index contributed by atoms with van der Waals surface area (Å²) < 4.78 is 6.58. The molecule has 1 aliphatic carbocycles. The number of hydrogen-bond donors (Lipinski definition) is 3. The molecule has 3 aliphatic heterocycles. The summed E-state index contributed by atoms with van der Waals surface area (Å²) in [6, 6.07) is -0.578. The number of hydrogen-bond acceptors (Lipinski definition) is 5. The highest BCUT2D eigenvalue weighted by Gasteiger charge is 2.77. The third-order valence-corrected chi connectivity index (χ3v) is 8.12. The zero-order valence-electron chi connectivity index (χ0n) is 19.5. The van der Waals surface area contributed by atoms with Crippen LogP contribution in [-0.2, 0) is 19.1 Å². The fourth-order valence-corrected chi connectivity index (χ4v) is 6.65. The molecule has 1 spiro atoms. The van der Waals surface area contributed by atoms with E-state index >= 15 is 0 Å². The van der Waals surface area contributed by atoms with Crippen molar-refractivity contribution >= 4 is 17.7 Å². The number of nitrogens with one attached hydrogen (secondary N) is 2. The first-order valence-electron chi connectivity index (χ1n) is 12.6. The number of likely N-dealkylation sites (tertiary alicyclic amines) is 1. The SMILES string of the molecule is CCCNC(=O)[C@@H]1[C@H]2C(=O)N(CCCCO)C(C(=O)NC3CCCCC3)C23CC[C@@]1(C)O3. The zero-order valence-corrected chi connectivity index (χ0v) is 19.5. The van der Waals surface area contributed by atoms with Gasteiger partial charge in [-0.1, -0.05) is 26.2 Å². The molecule has 32 heavy (non-hydrogen) atoms. The number of aliphatic hydroxyl groups excluding tert-OH is 1. The predicted molar refractivity (Wildman–Crippen MR) is 119 cm³/mol. The van der Waals surface area contributed by atoms with Crippen LogP contribution in [0.15, 0.2) is 0 Å². The van der Waals surface area contributed by atoms with E-state index in [1.54, 1.807) is 4.90 Å². The molecule has 4 aliphatic rings. The number of aliphatic hydroxyl groups is 1. The Balaban J connectivity index is 1.63. The summed E-state index contributed by atoms with van der Waals surface area (Å²) in [5, 5.41) is 15.4. The van der Waals surface area contributed by atoms with E-state index in [0.717, 1.165) is 32.1 Å². The maximum atomic E-state index is 13.7. The molecule has 0 radical (unpaired) electrons. The highest BCUT2D eigenvalue weighted by Crippen LogP contribution is 2.63. The van der Waals surface area contributed by atoms with Gasteiger partial charge in [0.25, 0.3) is 0 Å². The number of unbranched alkanes of at least 4 members (excludes halogenated alkanes) is 1. The van der Waals surface area contributed by atoms with Gasteiger partial charge in [0, 0.05) is 25.7 Å². The first kappa shape index (κ1) is 23.5. The lowest BCUT2D eigenvalue weighted by atomic mass is 9.66. The number of amides is 3. The van der Waals surface area contributed by atoms with E-state index in [9.17, 15) is 19.5 Å². The van der Waals surface area contributed by atoms with Crippen LogP contribution >= 0.6 is 0 Å². The van der Waals surface area contributed by atoms with Gasteiger partial charge in [-0.15, -0.1) is 0 Å². The van der Waals surface area contributed by atoms with Crippen molar-refractivity contribution in [1.29, 1.82) is 0 Å². The van der Waals surface area contributed by atoms with Crippen molar-refractivity contribution in [2.75, 3.05) is 19.7 Å². The van der Waals surface area contributed by atoms with Crippen LogP contribution in [0, 0.1) is 11.8 Å². The molecule has 0 aromatic heterocycles. The molecule has 4 rings (SSSR count). The molecule has 0 aromatic rings. The van der Waals surface area contributed by atoms with Crippen LogP contribution in [0.4, 0.5) is 0 Å². The number of nitrogens with zero attached hydrogens (tertiary/aromatic N) is 1. The van der Waals surface area contributed by atoms with Gasteiger partial charge in [-0.3, -0.25) is 14.4 Å². The van der Waals surface area contributed by atoms with E-state index < -0.39 is 29.1 Å². The molecule has 5 atom stereocenters. The topological polar surface area (TPSA) is 108 Å². The van der Waals surface area contributed by atoms with E-state index in [-0.39, 0.29) is 30.4 Å². The Hall–Kier alpha value is -1.67. The molecule has 4 fully saturated rings. The molecule has 2 bridgehead atoms. The van der Waals surface area contributed by atoms with Crippen LogP contribution in [0.25, 0.3) is 0 Å². The molecule has 180 valence electrons. The van der Waals surface area contributed by atoms with E-state index in [1.165, 1.54) is 6.42 Å². The Morgan fingerprint density at radius 1 is 1.16 bits per heavy atom. The third kappa shape index (κ3) is 3.83. The summed E-state index contributed by atoms with van der Waals surface area (Å²) >= 11 is 0. The molecule has 3 N–H and O–H groups in total. The summed E-state index contributed by atoms with van der Waals surface area (Å²) in [6.07, 6.45) is 8.62. The molecule has 8 nitrogen and oxygen atoms in total. The van der Waals surface area contributed by atoms with Gasteiger partial charge < -0.3 is 25.4 Å². The number of carbonyl (C=O) groups excluding carboxylic acids is 3. The maximum Gasteiger partial charge on any atom is 0.246 e. The Kier molecular flexibility index (Phi) is 6.82. The summed E-state index contributed by atoms with van der Waals surface area (Å²) in [4.78, 5) is 42.2. The Morgan fingerprint density at radius 2 is 1.91 bits per heavy atom. The van der Waals surface area contributed by atoms with Crippen molar-refractivity contribution in [2.24, 2.45) is 11.8 Å². The van der Waals surface area contributed by atoms with Gasteiger partial charge in [-0.05, 0) is 51.9 Å². The van der Waals surface area contributed by atoms with E-state index in [0.29, 0.717) is 38.8 Å². The fraction of sp³-hybridized carbons (Fsp3) is 0.875. The number of carbonyl (C=O) groups is 3. The van der Waals surface area contributed by atoms with Crippen molar-refractivity contribution in [3.8, 4) is 0 Å². The van der Waals surface area contributed by atoms with Crippen molar-refractivity contribution in [3.63, 3.8) is 0 Å². The van der Waals surface area contributed by atoms with Crippen molar-refractivity contribution < 1.29 is 24.2 Å². The first-order valence-corrected chi connectivity index (χ1v) is 12.6. The van der Waals surface area contributed by atoms with E-state index in [2.05, 4.69) is 10.6 Å². The molecule has 0 aromatic carbocycles. The third-order valence-electron chi connectivity index (χ3n) is 8.12. The minimum Gasteiger partial charge on any atom is -0.396 e. The summed E-state index contributed by atoms with van der Waals surface area (Å²) in [6.45, 7) is 4.92. The largest absolute Gasteiger partial charge is 0.396 e. The Morgan fingerprint density at radius 3 is 2.59 bits per heavy atom. The van der Waals surface area contributed by atoms with Crippen LogP contribution in [0.2, 0.25) is 0 Å². The number of fused-ring (bicyclic) bond motifs is 1. The number of rotatable bonds is 9. The molecule has 1 saturated carbocycles. The van der Waals surface area contributed by atoms with Gasteiger partial charge in [-0.2, -0.15) is 0 Å².